The second-order valence-electron chi connectivity index (χ2n) is 5.20. The molecule has 0 radical (unpaired) electrons. The molecule has 0 aliphatic rings. The minimum atomic E-state index is -0.169. The van der Waals surface area contributed by atoms with Crippen LogP contribution in [-0.2, 0) is 4.79 Å². The molecular formula is C19H20N2O2S. The lowest BCUT2D eigenvalue weighted by molar-refractivity contribution is -0.113. The quantitative estimate of drug-likeness (QED) is 0.597. The van der Waals surface area contributed by atoms with Crippen LogP contribution in [0.3, 0.4) is 0 Å². The van der Waals surface area contributed by atoms with E-state index in [0.29, 0.717) is 12.1 Å². The van der Waals surface area contributed by atoms with Crippen LogP contribution in [0.25, 0.3) is 0 Å². The molecule has 2 rings (SSSR count). The Labute approximate surface area is 146 Å². The Morgan fingerprint density at radius 2 is 1.83 bits per heavy atom. The second kappa shape index (κ2) is 8.93. The molecule has 2 N–H and O–H groups in total. The van der Waals surface area contributed by atoms with Gasteiger partial charge in [-0.1, -0.05) is 35.9 Å². The van der Waals surface area contributed by atoms with Crippen molar-refractivity contribution in [3.8, 4) is 0 Å². The molecule has 0 atom stereocenters. The van der Waals surface area contributed by atoms with E-state index in [2.05, 4.69) is 17.2 Å². The SMILES string of the molecule is C=CCNC(=O)c1ccccc1SCC(=O)Nc1ccc(C)cc1. The van der Waals surface area contributed by atoms with Crippen molar-refractivity contribution in [2.75, 3.05) is 17.6 Å². The van der Waals surface area contributed by atoms with Crippen LogP contribution in [0, 0.1) is 6.92 Å². The maximum absolute atomic E-state index is 12.1. The van der Waals surface area contributed by atoms with Crippen molar-refractivity contribution in [2.45, 2.75) is 11.8 Å². The summed E-state index contributed by atoms with van der Waals surface area (Å²) < 4.78 is 0. The number of amides is 2. The number of carbonyl (C=O) groups excluding carboxylic acids is 2. The van der Waals surface area contributed by atoms with Gasteiger partial charge >= 0.3 is 0 Å². The minimum absolute atomic E-state index is 0.106. The summed E-state index contributed by atoms with van der Waals surface area (Å²) in [6.07, 6.45) is 1.63. The summed E-state index contributed by atoms with van der Waals surface area (Å²) in [7, 11) is 0. The number of benzene rings is 2. The first kappa shape index (κ1) is 17.8. The summed E-state index contributed by atoms with van der Waals surface area (Å²) in [6, 6.07) is 14.9. The van der Waals surface area contributed by atoms with E-state index < -0.39 is 0 Å². The number of nitrogens with one attached hydrogen (secondary N) is 2. The van der Waals surface area contributed by atoms with Gasteiger partial charge in [-0.25, -0.2) is 0 Å². The van der Waals surface area contributed by atoms with Gasteiger partial charge in [-0.05, 0) is 31.2 Å². The Kier molecular flexibility index (Phi) is 6.63. The molecule has 2 aromatic rings. The van der Waals surface area contributed by atoms with Crippen molar-refractivity contribution in [3.63, 3.8) is 0 Å². The summed E-state index contributed by atoms with van der Waals surface area (Å²) in [5.74, 6) is -0.0401. The molecule has 24 heavy (non-hydrogen) atoms. The largest absolute Gasteiger partial charge is 0.349 e. The van der Waals surface area contributed by atoms with E-state index in [9.17, 15) is 9.59 Å². The van der Waals surface area contributed by atoms with Gasteiger partial charge in [0.25, 0.3) is 5.91 Å². The van der Waals surface area contributed by atoms with Gasteiger partial charge < -0.3 is 10.6 Å². The van der Waals surface area contributed by atoms with Crippen molar-refractivity contribution in [1.82, 2.24) is 5.32 Å². The highest BCUT2D eigenvalue weighted by atomic mass is 32.2. The summed E-state index contributed by atoms with van der Waals surface area (Å²) in [4.78, 5) is 25.0. The Morgan fingerprint density at radius 1 is 1.12 bits per heavy atom. The number of rotatable bonds is 7. The number of carbonyl (C=O) groups is 2. The van der Waals surface area contributed by atoms with Crippen LogP contribution < -0.4 is 10.6 Å². The molecule has 0 fully saturated rings. The van der Waals surface area contributed by atoms with Crippen LogP contribution in [-0.4, -0.2) is 24.1 Å². The highest BCUT2D eigenvalue weighted by Gasteiger charge is 2.12. The molecule has 0 aromatic heterocycles. The Hall–Kier alpha value is -2.53. The lowest BCUT2D eigenvalue weighted by Gasteiger charge is -2.09. The maximum atomic E-state index is 12.1. The predicted molar refractivity (Wildman–Crippen MR) is 99.5 cm³/mol. The molecule has 0 bridgehead atoms. The van der Waals surface area contributed by atoms with E-state index in [1.54, 1.807) is 18.2 Å². The van der Waals surface area contributed by atoms with Crippen LogP contribution >= 0.6 is 11.8 Å². The van der Waals surface area contributed by atoms with Crippen LogP contribution in [0.1, 0.15) is 15.9 Å². The first-order valence-corrected chi connectivity index (χ1v) is 8.56. The van der Waals surface area contributed by atoms with Crippen molar-refractivity contribution < 1.29 is 9.59 Å². The number of hydrogen-bond donors (Lipinski definition) is 2. The topological polar surface area (TPSA) is 58.2 Å². The molecule has 0 saturated heterocycles. The zero-order valence-corrected chi connectivity index (χ0v) is 14.4. The summed E-state index contributed by atoms with van der Waals surface area (Å²) in [5.41, 5.74) is 2.47. The van der Waals surface area contributed by atoms with Gasteiger partial charge in [0.15, 0.2) is 0 Å². The number of hydrogen-bond acceptors (Lipinski definition) is 3. The minimum Gasteiger partial charge on any atom is -0.349 e. The molecule has 2 amide bonds. The third kappa shape index (κ3) is 5.28. The van der Waals surface area contributed by atoms with E-state index in [-0.39, 0.29) is 17.6 Å². The number of thioether (sulfide) groups is 1. The van der Waals surface area contributed by atoms with Gasteiger partial charge in [0.1, 0.15) is 0 Å². The highest BCUT2D eigenvalue weighted by molar-refractivity contribution is 8.00. The Bertz CT molecular complexity index is 726. The van der Waals surface area contributed by atoms with E-state index in [1.165, 1.54) is 11.8 Å². The highest BCUT2D eigenvalue weighted by Crippen LogP contribution is 2.23. The zero-order chi connectivity index (χ0) is 17.4. The van der Waals surface area contributed by atoms with Crippen LogP contribution in [0.15, 0.2) is 66.1 Å². The van der Waals surface area contributed by atoms with Gasteiger partial charge in [-0.2, -0.15) is 0 Å². The van der Waals surface area contributed by atoms with Gasteiger partial charge in [0.2, 0.25) is 5.91 Å². The third-order valence-corrected chi connectivity index (χ3v) is 4.31. The lowest BCUT2D eigenvalue weighted by atomic mass is 10.2. The summed E-state index contributed by atoms with van der Waals surface area (Å²) >= 11 is 1.34. The zero-order valence-electron chi connectivity index (χ0n) is 13.5. The standard InChI is InChI=1S/C19H20N2O2S/c1-3-12-20-19(23)16-6-4-5-7-17(16)24-13-18(22)21-15-10-8-14(2)9-11-15/h3-11H,1,12-13H2,2H3,(H,20,23)(H,21,22). The van der Waals surface area contributed by atoms with Crippen LogP contribution in [0.4, 0.5) is 5.69 Å². The number of anilines is 1. The van der Waals surface area contributed by atoms with Gasteiger partial charge in [0.05, 0.1) is 11.3 Å². The van der Waals surface area contributed by atoms with Crippen LogP contribution in [0.2, 0.25) is 0 Å². The monoisotopic (exact) mass is 340 g/mol. The van der Waals surface area contributed by atoms with Crippen molar-refractivity contribution in [3.05, 3.63) is 72.3 Å². The average Bonchev–Trinajstić information content (AvgIpc) is 2.60. The Balaban J connectivity index is 1.96. The van der Waals surface area contributed by atoms with Crippen LogP contribution in [0.5, 0.6) is 0 Å². The first-order valence-electron chi connectivity index (χ1n) is 7.57. The molecule has 0 aliphatic carbocycles. The fraction of sp³-hybridized carbons (Fsp3) is 0.158. The fourth-order valence-corrected chi connectivity index (χ4v) is 2.87. The maximum Gasteiger partial charge on any atom is 0.252 e. The van der Waals surface area contributed by atoms with Gasteiger partial charge in [-0.15, -0.1) is 18.3 Å². The molecule has 0 unspecified atom stereocenters. The van der Waals surface area contributed by atoms with Gasteiger partial charge in [-0.3, -0.25) is 9.59 Å². The molecule has 2 aromatic carbocycles. The smallest absolute Gasteiger partial charge is 0.252 e. The lowest BCUT2D eigenvalue weighted by Crippen LogP contribution is -2.24. The summed E-state index contributed by atoms with van der Waals surface area (Å²) in [5, 5.41) is 5.60. The molecule has 0 saturated carbocycles. The summed E-state index contributed by atoms with van der Waals surface area (Å²) in [6.45, 7) is 5.98. The van der Waals surface area contributed by atoms with E-state index >= 15 is 0 Å². The molecule has 0 spiro atoms. The second-order valence-corrected chi connectivity index (χ2v) is 6.21. The Morgan fingerprint density at radius 3 is 2.54 bits per heavy atom. The van der Waals surface area contributed by atoms with E-state index in [0.717, 1.165) is 16.1 Å². The third-order valence-electron chi connectivity index (χ3n) is 3.23. The van der Waals surface area contributed by atoms with Crippen molar-refractivity contribution in [2.24, 2.45) is 0 Å². The average molecular weight is 340 g/mol. The molecule has 0 aliphatic heterocycles. The van der Waals surface area contributed by atoms with Gasteiger partial charge in [0, 0.05) is 17.1 Å². The molecular weight excluding hydrogens is 320 g/mol. The van der Waals surface area contributed by atoms with Crippen molar-refractivity contribution in [1.29, 1.82) is 0 Å². The molecule has 4 nitrogen and oxygen atoms in total. The number of aryl methyl sites for hydroxylation is 1. The predicted octanol–water partition coefficient (Wildman–Crippen LogP) is 3.64. The van der Waals surface area contributed by atoms with E-state index in [4.69, 9.17) is 0 Å². The van der Waals surface area contributed by atoms with E-state index in [1.807, 2.05) is 43.3 Å². The fourth-order valence-electron chi connectivity index (χ4n) is 2.02. The normalized spacial score (nSPS) is 10.0. The first-order chi connectivity index (χ1) is 11.6. The molecule has 124 valence electrons. The van der Waals surface area contributed by atoms with Crippen molar-refractivity contribution >= 4 is 29.3 Å². The molecule has 0 heterocycles. The molecule has 5 heteroatoms.